The first-order chi connectivity index (χ1) is 18.4. The standard InChI is InChI=1S/C30H37N3O6/c1-14(2)13-33-9-7-15(8-10-33)17-5-6-20(34)22-18(17)11-16-12-19-23(27(36)21(16)26(22)35)28(37)24(30(31)39)29(38)25(19)32(3)4/h5-7,14,16,19,23,25,34-35,38H,8-13H2,1-4H3,(H2,31,39)/t16?,19?,23?,25-/m0/s1. The summed E-state index contributed by atoms with van der Waals surface area (Å²) < 4.78 is 0. The molecule has 3 unspecified atom stereocenters. The summed E-state index contributed by atoms with van der Waals surface area (Å²) in [6, 6.07) is 2.67. The molecule has 5 rings (SSSR count). The minimum absolute atomic E-state index is 0.105. The third-order valence-corrected chi connectivity index (χ3v) is 8.71. The minimum Gasteiger partial charge on any atom is -0.510 e. The molecule has 0 radical (unpaired) electrons. The summed E-state index contributed by atoms with van der Waals surface area (Å²) in [6.07, 6.45) is 3.78. The van der Waals surface area contributed by atoms with Gasteiger partial charge in [-0.05, 0) is 73.9 Å². The molecule has 1 heterocycles. The van der Waals surface area contributed by atoms with E-state index in [1.807, 2.05) is 6.07 Å². The van der Waals surface area contributed by atoms with E-state index in [0.717, 1.165) is 42.8 Å². The molecule has 0 aromatic heterocycles. The highest BCUT2D eigenvalue weighted by Gasteiger charge is 2.55. The smallest absolute Gasteiger partial charge is 0.255 e. The lowest BCUT2D eigenvalue weighted by Gasteiger charge is -2.46. The Hall–Kier alpha value is -3.43. The molecule has 3 aliphatic carbocycles. The van der Waals surface area contributed by atoms with Crippen LogP contribution in [-0.2, 0) is 20.8 Å². The monoisotopic (exact) mass is 535 g/mol. The van der Waals surface area contributed by atoms with Gasteiger partial charge in [0.2, 0.25) is 0 Å². The average molecular weight is 536 g/mol. The van der Waals surface area contributed by atoms with Gasteiger partial charge in [-0.2, -0.15) is 0 Å². The molecule has 0 bridgehead atoms. The fourth-order valence-electron chi connectivity index (χ4n) is 7.20. The zero-order valence-electron chi connectivity index (χ0n) is 22.9. The van der Waals surface area contributed by atoms with Crippen molar-refractivity contribution in [2.24, 2.45) is 29.4 Å². The van der Waals surface area contributed by atoms with E-state index in [4.69, 9.17) is 5.73 Å². The second-order valence-corrected chi connectivity index (χ2v) is 11.9. The van der Waals surface area contributed by atoms with Gasteiger partial charge >= 0.3 is 0 Å². The van der Waals surface area contributed by atoms with Crippen molar-refractivity contribution in [2.45, 2.75) is 39.2 Å². The highest BCUT2D eigenvalue weighted by Crippen LogP contribution is 2.51. The van der Waals surface area contributed by atoms with Gasteiger partial charge in [0.15, 0.2) is 11.6 Å². The molecule has 1 aliphatic heterocycles. The van der Waals surface area contributed by atoms with Crippen LogP contribution < -0.4 is 5.73 Å². The second-order valence-electron chi connectivity index (χ2n) is 11.9. The predicted octanol–water partition coefficient (Wildman–Crippen LogP) is 2.59. The van der Waals surface area contributed by atoms with Gasteiger partial charge in [-0.3, -0.25) is 24.2 Å². The molecular weight excluding hydrogens is 498 g/mol. The molecule has 0 saturated heterocycles. The Labute approximate surface area is 228 Å². The number of primary amides is 1. The van der Waals surface area contributed by atoms with Crippen LogP contribution in [0.25, 0.3) is 11.3 Å². The number of aliphatic hydroxyl groups is 2. The lowest BCUT2D eigenvalue weighted by Crippen LogP contribution is -2.55. The van der Waals surface area contributed by atoms with Crippen LogP contribution in [0, 0.1) is 23.7 Å². The minimum atomic E-state index is -1.25. The molecule has 1 saturated carbocycles. The molecule has 4 aliphatic rings. The van der Waals surface area contributed by atoms with Gasteiger partial charge in [0.1, 0.15) is 22.8 Å². The number of benzene rings is 1. The first kappa shape index (κ1) is 27.1. The van der Waals surface area contributed by atoms with Gasteiger partial charge in [-0.1, -0.05) is 26.0 Å². The van der Waals surface area contributed by atoms with Gasteiger partial charge in [-0.25, -0.2) is 0 Å². The van der Waals surface area contributed by atoms with Gasteiger partial charge in [0, 0.05) is 25.2 Å². The Balaban J connectivity index is 1.58. The number of likely N-dealkylation sites (N-methyl/N-ethyl adjacent to an activating group) is 1. The Morgan fingerprint density at radius 3 is 2.46 bits per heavy atom. The van der Waals surface area contributed by atoms with Crippen LogP contribution in [0.4, 0.5) is 0 Å². The normalized spacial score (nSPS) is 27.5. The number of fused-ring (bicyclic) bond motifs is 3. The number of nitrogens with zero attached hydrogens (tertiary/aromatic N) is 2. The molecule has 208 valence electrons. The van der Waals surface area contributed by atoms with E-state index >= 15 is 0 Å². The second kappa shape index (κ2) is 9.95. The number of hydrogen-bond donors (Lipinski definition) is 4. The van der Waals surface area contributed by atoms with E-state index < -0.39 is 52.6 Å². The molecular formula is C30H37N3O6. The van der Waals surface area contributed by atoms with Crippen molar-refractivity contribution in [3.8, 4) is 5.75 Å². The van der Waals surface area contributed by atoms with E-state index in [1.165, 1.54) is 0 Å². The number of rotatable bonds is 5. The van der Waals surface area contributed by atoms with Crippen molar-refractivity contribution < 1.29 is 29.7 Å². The molecule has 1 amide bonds. The summed E-state index contributed by atoms with van der Waals surface area (Å²) >= 11 is 0. The molecule has 9 heteroatoms. The number of ketones is 2. The zero-order chi connectivity index (χ0) is 28.3. The summed E-state index contributed by atoms with van der Waals surface area (Å²) in [5.41, 5.74) is 8.10. The van der Waals surface area contributed by atoms with Crippen LogP contribution >= 0.6 is 0 Å². The van der Waals surface area contributed by atoms with E-state index in [-0.39, 0.29) is 22.6 Å². The summed E-state index contributed by atoms with van der Waals surface area (Å²) in [7, 11) is 3.42. The highest BCUT2D eigenvalue weighted by atomic mass is 16.3. The number of carbonyl (C=O) groups is 3. The molecule has 1 fully saturated rings. The average Bonchev–Trinajstić information content (AvgIpc) is 2.83. The van der Waals surface area contributed by atoms with Crippen molar-refractivity contribution in [1.82, 2.24) is 9.80 Å². The topological polar surface area (TPSA) is 144 Å². The fraction of sp³-hybridized carbons (Fsp3) is 0.500. The third kappa shape index (κ3) is 4.37. The molecule has 0 spiro atoms. The first-order valence-electron chi connectivity index (χ1n) is 13.6. The first-order valence-corrected chi connectivity index (χ1v) is 13.6. The molecule has 5 N–H and O–H groups in total. The molecule has 1 aromatic carbocycles. The quantitative estimate of drug-likeness (QED) is 0.333. The number of Topliss-reactive ketones (excluding diaryl/α,β-unsaturated/α-hetero) is 2. The molecule has 4 atom stereocenters. The number of nitrogens with two attached hydrogens (primary N) is 1. The summed E-state index contributed by atoms with van der Waals surface area (Å²) in [5, 5.41) is 33.2. The number of phenols is 1. The zero-order valence-corrected chi connectivity index (χ0v) is 22.9. The van der Waals surface area contributed by atoms with E-state index in [2.05, 4.69) is 24.8 Å². The van der Waals surface area contributed by atoms with Crippen molar-refractivity contribution >= 4 is 28.8 Å². The lowest BCUT2D eigenvalue weighted by molar-refractivity contribution is -0.136. The van der Waals surface area contributed by atoms with Gasteiger partial charge in [-0.15, -0.1) is 0 Å². The largest absolute Gasteiger partial charge is 0.510 e. The predicted molar refractivity (Wildman–Crippen MR) is 147 cm³/mol. The Kier molecular flexibility index (Phi) is 6.93. The lowest BCUT2D eigenvalue weighted by atomic mass is 9.59. The van der Waals surface area contributed by atoms with Gasteiger partial charge in [0.25, 0.3) is 5.91 Å². The van der Waals surface area contributed by atoms with Crippen LogP contribution in [0.15, 0.2) is 35.1 Å². The summed E-state index contributed by atoms with van der Waals surface area (Å²) in [4.78, 5) is 43.4. The maximum absolute atomic E-state index is 13.9. The van der Waals surface area contributed by atoms with Crippen molar-refractivity contribution in [3.05, 3.63) is 51.8 Å². The van der Waals surface area contributed by atoms with Gasteiger partial charge in [0.05, 0.1) is 17.5 Å². The number of aromatic hydroxyl groups is 1. The number of hydrogen-bond acceptors (Lipinski definition) is 8. The molecule has 9 nitrogen and oxygen atoms in total. The van der Waals surface area contributed by atoms with E-state index in [1.54, 1.807) is 25.1 Å². The Morgan fingerprint density at radius 1 is 1.15 bits per heavy atom. The van der Waals surface area contributed by atoms with Crippen LogP contribution in [-0.4, -0.2) is 82.4 Å². The number of allylic oxidation sites excluding steroid dienone is 1. The Morgan fingerprint density at radius 2 is 1.87 bits per heavy atom. The Bertz CT molecular complexity index is 1350. The third-order valence-electron chi connectivity index (χ3n) is 8.71. The van der Waals surface area contributed by atoms with Crippen molar-refractivity contribution in [1.29, 1.82) is 0 Å². The van der Waals surface area contributed by atoms with Crippen molar-refractivity contribution in [3.63, 3.8) is 0 Å². The SMILES string of the molecule is CC(C)CN1CC=C(c2ccc(O)c3c2CC2CC4C(C(=O)C(C(N)=O)=C(O)[C@H]4N(C)C)C(=O)C2=C3O)CC1. The molecule has 1 aromatic rings. The van der Waals surface area contributed by atoms with Crippen molar-refractivity contribution in [2.75, 3.05) is 33.7 Å². The maximum atomic E-state index is 13.9. The number of amides is 1. The number of aliphatic hydroxyl groups excluding tert-OH is 2. The van der Waals surface area contributed by atoms with Crippen LogP contribution in [0.2, 0.25) is 0 Å². The van der Waals surface area contributed by atoms with Crippen LogP contribution in [0.1, 0.15) is 43.4 Å². The maximum Gasteiger partial charge on any atom is 0.255 e. The fourth-order valence-corrected chi connectivity index (χ4v) is 7.20. The number of phenolic OH excluding ortho intramolecular Hbond substituents is 1. The van der Waals surface area contributed by atoms with Crippen LogP contribution in [0.3, 0.4) is 0 Å². The molecule has 39 heavy (non-hydrogen) atoms. The summed E-state index contributed by atoms with van der Waals surface area (Å²) in [5.74, 6) is -4.99. The van der Waals surface area contributed by atoms with E-state index in [0.29, 0.717) is 18.8 Å². The van der Waals surface area contributed by atoms with Gasteiger partial charge < -0.3 is 21.1 Å². The van der Waals surface area contributed by atoms with E-state index in [9.17, 15) is 29.7 Å². The summed E-state index contributed by atoms with van der Waals surface area (Å²) in [6.45, 7) is 7.15. The number of carbonyl (C=O) groups excluding carboxylic acids is 3. The highest BCUT2D eigenvalue weighted by molar-refractivity contribution is 6.28. The van der Waals surface area contributed by atoms with Crippen LogP contribution in [0.5, 0.6) is 5.75 Å².